The van der Waals surface area contributed by atoms with Crippen LogP contribution in [0.5, 0.6) is 0 Å². The molecule has 4 rings (SSSR count). The Morgan fingerprint density at radius 2 is 1.72 bits per heavy atom. The van der Waals surface area contributed by atoms with Crippen LogP contribution in [0.3, 0.4) is 0 Å². The third-order valence-electron chi connectivity index (χ3n) is 6.04. The van der Waals surface area contributed by atoms with Crippen LogP contribution in [0.25, 0.3) is 11.2 Å². The second-order valence-corrected chi connectivity index (χ2v) is 10.4. The molecule has 0 aliphatic rings. The molecule has 2 aromatic heterocycles. The van der Waals surface area contributed by atoms with Crippen molar-refractivity contribution in [2.24, 2.45) is 14.1 Å². The average molecular weight is 546 g/mol. The highest BCUT2D eigenvalue weighted by Gasteiger charge is 2.21. The summed E-state index contributed by atoms with van der Waals surface area (Å²) in [6.07, 6.45) is 0.227. The Bertz CT molecular complexity index is 1590. The van der Waals surface area contributed by atoms with Crippen molar-refractivity contribution < 1.29 is 4.79 Å². The van der Waals surface area contributed by atoms with Crippen LogP contribution >= 0.6 is 35.0 Å². The van der Waals surface area contributed by atoms with Gasteiger partial charge in [0.2, 0.25) is 5.91 Å². The molecule has 0 atom stereocenters. The van der Waals surface area contributed by atoms with Crippen LogP contribution in [0.2, 0.25) is 10.0 Å². The van der Waals surface area contributed by atoms with Crippen LogP contribution in [0.4, 0.5) is 5.69 Å². The molecule has 188 valence electrons. The van der Waals surface area contributed by atoms with Crippen LogP contribution in [0.1, 0.15) is 23.1 Å². The number of thioether (sulfide) groups is 1. The Morgan fingerprint density at radius 3 is 2.39 bits per heavy atom. The number of carbonyl (C=O) groups is 1. The standard InChI is InChI=1S/C25H25Cl2N5O3S/c1-14-8-9-16(12-15(14)2)28-20(33)10-11-36-24-29-22-21(23(34)31(4)25(35)30(22)3)32(24)13-17-18(26)6-5-7-19(17)27/h5-9,12H,10-11,13H2,1-4H3,(H,28,33). The lowest BCUT2D eigenvalue weighted by Crippen LogP contribution is -2.37. The number of amides is 1. The highest BCUT2D eigenvalue weighted by molar-refractivity contribution is 7.99. The second-order valence-electron chi connectivity index (χ2n) is 8.50. The molecule has 0 saturated heterocycles. The van der Waals surface area contributed by atoms with Gasteiger partial charge in [-0.3, -0.25) is 18.7 Å². The van der Waals surface area contributed by atoms with Crippen LogP contribution in [0, 0.1) is 13.8 Å². The van der Waals surface area contributed by atoms with Crippen LogP contribution < -0.4 is 16.6 Å². The first kappa shape index (κ1) is 26.1. The molecule has 0 fully saturated rings. The summed E-state index contributed by atoms with van der Waals surface area (Å²) >= 11 is 14.1. The summed E-state index contributed by atoms with van der Waals surface area (Å²) < 4.78 is 4.08. The number of aromatic nitrogens is 4. The Balaban J connectivity index is 1.64. The van der Waals surface area contributed by atoms with E-state index in [9.17, 15) is 14.4 Å². The van der Waals surface area contributed by atoms with Crippen molar-refractivity contribution in [2.45, 2.75) is 32.0 Å². The molecule has 0 unspecified atom stereocenters. The first-order chi connectivity index (χ1) is 17.1. The van der Waals surface area contributed by atoms with Crippen LogP contribution in [-0.4, -0.2) is 30.3 Å². The SMILES string of the molecule is Cc1ccc(NC(=O)CCSc2nc3c(c(=O)n(C)c(=O)n3C)n2Cc2c(Cl)cccc2Cl)cc1C. The fraction of sp³-hybridized carbons (Fsp3) is 0.280. The molecule has 2 aromatic carbocycles. The van der Waals surface area contributed by atoms with Crippen molar-refractivity contribution in [1.82, 2.24) is 18.7 Å². The van der Waals surface area contributed by atoms with Crippen molar-refractivity contribution in [3.8, 4) is 0 Å². The first-order valence-electron chi connectivity index (χ1n) is 11.2. The number of nitrogens with zero attached hydrogens (tertiary/aromatic N) is 4. The largest absolute Gasteiger partial charge is 0.332 e. The van der Waals surface area contributed by atoms with Gasteiger partial charge in [-0.15, -0.1) is 0 Å². The fourth-order valence-corrected chi connectivity index (χ4v) is 5.25. The maximum Gasteiger partial charge on any atom is 0.332 e. The Hall–Kier alpha value is -3.01. The Morgan fingerprint density at radius 1 is 1.03 bits per heavy atom. The highest BCUT2D eigenvalue weighted by atomic mass is 35.5. The number of fused-ring (bicyclic) bond motifs is 1. The van der Waals surface area contributed by atoms with Gasteiger partial charge in [-0.05, 0) is 49.2 Å². The summed E-state index contributed by atoms with van der Waals surface area (Å²) in [6.45, 7) is 4.19. The van der Waals surface area contributed by atoms with Crippen LogP contribution in [0.15, 0.2) is 51.1 Å². The molecule has 0 saturated carbocycles. The van der Waals surface area contributed by atoms with E-state index in [0.717, 1.165) is 21.4 Å². The Kier molecular flexibility index (Phi) is 7.63. The third kappa shape index (κ3) is 5.09. The minimum Gasteiger partial charge on any atom is -0.326 e. The maximum atomic E-state index is 13.1. The number of halogens is 2. The summed E-state index contributed by atoms with van der Waals surface area (Å²) in [5, 5.41) is 4.30. The van der Waals surface area contributed by atoms with E-state index in [1.165, 1.54) is 23.4 Å². The van der Waals surface area contributed by atoms with E-state index in [0.29, 0.717) is 26.5 Å². The molecule has 2 heterocycles. The minimum atomic E-state index is -0.475. The first-order valence-corrected chi connectivity index (χ1v) is 12.9. The van der Waals surface area contributed by atoms with E-state index in [-0.39, 0.29) is 30.0 Å². The zero-order chi connectivity index (χ0) is 26.1. The van der Waals surface area contributed by atoms with E-state index >= 15 is 0 Å². The summed E-state index contributed by atoms with van der Waals surface area (Å²) in [7, 11) is 2.99. The lowest BCUT2D eigenvalue weighted by Gasteiger charge is -2.12. The minimum absolute atomic E-state index is 0.133. The molecule has 11 heteroatoms. The van der Waals surface area contributed by atoms with E-state index in [1.807, 2.05) is 32.0 Å². The lowest BCUT2D eigenvalue weighted by atomic mass is 10.1. The molecule has 8 nitrogen and oxygen atoms in total. The van der Waals surface area contributed by atoms with Gasteiger partial charge in [0.25, 0.3) is 5.56 Å². The van der Waals surface area contributed by atoms with Gasteiger partial charge in [0.15, 0.2) is 16.3 Å². The molecule has 0 aliphatic carbocycles. The summed E-state index contributed by atoms with van der Waals surface area (Å²) in [6, 6.07) is 11.0. The fourth-order valence-electron chi connectivity index (χ4n) is 3.80. The molecular formula is C25H25Cl2N5O3S. The number of hydrogen-bond donors (Lipinski definition) is 1. The molecule has 0 bridgehead atoms. The number of anilines is 1. The molecule has 1 N–H and O–H groups in total. The average Bonchev–Trinajstić information content (AvgIpc) is 3.19. The summed E-state index contributed by atoms with van der Waals surface area (Å²) in [5.74, 6) is 0.274. The predicted octanol–water partition coefficient (Wildman–Crippen LogP) is 4.53. The number of aryl methyl sites for hydroxylation is 3. The van der Waals surface area contributed by atoms with Crippen LogP contribution in [-0.2, 0) is 25.4 Å². The molecule has 1 amide bonds. The summed E-state index contributed by atoms with van der Waals surface area (Å²) in [4.78, 5) is 42.7. The van der Waals surface area contributed by atoms with Crippen molar-refractivity contribution in [3.63, 3.8) is 0 Å². The zero-order valence-electron chi connectivity index (χ0n) is 20.3. The number of benzene rings is 2. The van der Waals surface area contributed by atoms with Gasteiger partial charge in [0.1, 0.15) is 0 Å². The van der Waals surface area contributed by atoms with E-state index < -0.39 is 11.2 Å². The van der Waals surface area contributed by atoms with Gasteiger partial charge in [0, 0.05) is 47.6 Å². The monoisotopic (exact) mass is 545 g/mol. The number of hydrogen-bond acceptors (Lipinski definition) is 5. The molecular weight excluding hydrogens is 521 g/mol. The quantitative estimate of drug-likeness (QED) is 0.344. The Labute approximate surface area is 221 Å². The molecule has 0 spiro atoms. The maximum absolute atomic E-state index is 13.1. The third-order valence-corrected chi connectivity index (χ3v) is 7.73. The highest BCUT2D eigenvalue weighted by Crippen LogP contribution is 2.29. The van der Waals surface area contributed by atoms with Crippen molar-refractivity contribution in [1.29, 1.82) is 0 Å². The number of rotatable bonds is 7. The normalized spacial score (nSPS) is 11.3. The predicted molar refractivity (Wildman–Crippen MR) is 146 cm³/mol. The second kappa shape index (κ2) is 10.5. The van der Waals surface area contributed by atoms with E-state index in [2.05, 4.69) is 10.3 Å². The van der Waals surface area contributed by atoms with E-state index in [4.69, 9.17) is 23.2 Å². The lowest BCUT2D eigenvalue weighted by molar-refractivity contribution is -0.115. The van der Waals surface area contributed by atoms with Crippen molar-refractivity contribution in [3.05, 3.63) is 84.0 Å². The number of carbonyl (C=O) groups excluding carboxylic acids is 1. The van der Waals surface area contributed by atoms with E-state index in [1.54, 1.807) is 29.8 Å². The van der Waals surface area contributed by atoms with Gasteiger partial charge in [-0.25, -0.2) is 9.78 Å². The number of imidazole rings is 1. The van der Waals surface area contributed by atoms with Gasteiger partial charge >= 0.3 is 5.69 Å². The van der Waals surface area contributed by atoms with Crippen molar-refractivity contribution >= 4 is 57.7 Å². The summed E-state index contributed by atoms with van der Waals surface area (Å²) in [5.41, 5.74) is 3.20. The molecule has 36 heavy (non-hydrogen) atoms. The van der Waals surface area contributed by atoms with Gasteiger partial charge in [-0.1, -0.05) is 47.1 Å². The number of nitrogens with one attached hydrogen (secondary N) is 1. The molecule has 0 radical (unpaired) electrons. The zero-order valence-corrected chi connectivity index (χ0v) is 22.6. The molecule has 4 aromatic rings. The van der Waals surface area contributed by atoms with Crippen molar-refractivity contribution in [2.75, 3.05) is 11.1 Å². The topological polar surface area (TPSA) is 90.9 Å². The smallest absolute Gasteiger partial charge is 0.326 e. The molecule has 0 aliphatic heterocycles. The van der Waals surface area contributed by atoms with Gasteiger partial charge in [0.05, 0.1) is 6.54 Å². The van der Waals surface area contributed by atoms with Gasteiger partial charge < -0.3 is 9.88 Å². The van der Waals surface area contributed by atoms with Gasteiger partial charge in [-0.2, -0.15) is 0 Å².